The number of hydrogen-bond acceptors (Lipinski definition) is 5. The molecule has 1 amide bonds. The number of carbonyl (C=O) groups excluding carboxylic acids is 1. The van der Waals surface area contributed by atoms with Crippen molar-refractivity contribution < 1.29 is 9.53 Å². The van der Waals surface area contributed by atoms with Crippen molar-refractivity contribution in [3.63, 3.8) is 0 Å². The smallest absolute Gasteiger partial charge is 0.258 e. The minimum absolute atomic E-state index is 0.120. The van der Waals surface area contributed by atoms with Gasteiger partial charge in [0, 0.05) is 18.6 Å². The molecule has 0 aliphatic carbocycles. The van der Waals surface area contributed by atoms with Crippen LogP contribution >= 0.6 is 11.6 Å². The maximum Gasteiger partial charge on any atom is 0.258 e. The highest BCUT2D eigenvalue weighted by molar-refractivity contribution is 6.33. The van der Waals surface area contributed by atoms with Crippen molar-refractivity contribution in [2.45, 2.75) is 19.9 Å². The standard InChI is InChI=1S/C25H22ClN5O2/c1-17-19(14-18-5-7-21(8-6-18)31-11-3-10-28-31)15-22-24(23(17)26)33-13-12-30(25(22)32)16-20-4-2-9-27-29-20/h2-11,15H,12-14,16H2,1H3. The molecule has 33 heavy (non-hydrogen) atoms. The second-order valence-electron chi connectivity index (χ2n) is 7.94. The van der Waals surface area contributed by atoms with Crippen LogP contribution in [0.2, 0.25) is 5.02 Å². The SMILES string of the molecule is Cc1c(Cc2ccc(-n3cccn3)cc2)cc2c(c1Cl)OCCN(Cc1cccnn1)C2=O. The number of ether oxygens (including phenoxy) is 1. The first-order chi connectivity index (χ1) is 16.1. The summed E-state index contributed by atoms with van der Waals surface area (Å²) in [5, 5.41) is 12.8. The van der Waals surface area contributed by atoms with Crippen molar-refractivity contribution >= 4 is 17.5 Å². The maximum absolute atomic E-state index is 13.4. The van der Waals surface area contributed by atoms with Crippen molar-refractivity contribution in [1.82, 2.24) is 24.9 Å². The molecule has 1 aliphatic rings. The van der Waals surface area contributed by atoms with E-state index < -0.39 is 0 Å². The van der Waals surface area contributed by atoms with Crippen LogP contribution in [0.3, 0.4) is 0 Å². The molecule has 1 aliphatic heterocycles. The summed E-state index contributed by atoms with van der Waals surface area (Å²) in [4.78, 5) is 15.1. The van der Waals surface area contributed by atoms with Gasteiger partial charge < -0.3 is 9.64 Å². The molecule has 0 saturated carbocycles. The van der Waals surface area contributed by atoms with Crippen molar-refractivity contribution in [3.8, 4) is 11.4 Å². The number of rotatable bonds is 5. The Bertz CT molecular complexity index is 1270. The molecule has 166 valence electrons. The van der Waals surface area contributed by atoms with Crippen LogP contribution < -0.4 is 4.74 Å². The van der Waals surface area contributed by atoms with Gasteiger partial charge in [0.1, 0.15) is 6.61 Å². The molecule has 0 N–H and O–H groups in total. The predicted molar refractivity (Wildman–Crippen MR) is 125 cm³/mol. The fourth-order valence-electron chi connectivity index (χ4n) is 3.96. The van der Waals surface area contributed by atoms with Crippen LogP contribution in [0.25, 0.3) is 5.69 Å². The zero-order chi connectivity index (χ0) is 22.8. The van der Waals surface area contributed by atoms with E-state index in [9.17, 15) is 4.79 Å². The Morgan fingerprint density at radius 1 is 1.12 bits per heavy atom. The van der Waals surface area contributed by atoms with Gasteiger partial charge in [0.05, 0.1) is 35.1 Å². The van der Waals surface area contributed by atoms with E-state index in [2.05, 4.69) is 27.4 Å². The minimum atomic E-state index is -0.120. The molecule has 3 heterocycles. The number of hydrogen-bond donors (Lipinski definition) is 0. The van der Waals surface area contributed by atoms with E-state index in [-0.39, 0.29) is 5.91 Å². The molecule has 8 heteroatoms. The van der Waals surface area contributed by atoms with Crippen molar-refractivity contribution in [1.29, 1.82) is 0 Å². The number of benzene rings is 2. The van der Waals surface area contributed by atoms with Crippen LogP contribution in [0, 0.1) is 6.92 Å². The van der Waals surface area contributed by atoms with E-state index in [0.717, 1.165) is 28.1 Å². The van der Waals surface area contributed by atoms with Gasteiger partial charge in [0.2, 0.25) is 0 Å². The lowest BCUT2D eigenvalue weighted by atomic mass is 9.96. The lowest BCUT2D eigenvalue weighted by Crippen LogP contribution is -2.32. The van der Waals surface area contributed by atoms with Gasteiger partial charge in [-0.25, -0.2) is 4.68 Å². The summed E-state index contributed by atoms with van der Waals surface area (Å²) in [6, 6.07) is 15.7. The van der Waals surface area contributed by atoms with Crippen LogP contribution in [-0.4, -0.2) is 43.9 Å². The minimum Gasteiger partial charge on any atom is -0.489 e. The van der Waals surface area contributed by atoms with Gasteiger partial charge in [-0.2, -0.15) is 15.3 Å². The van der Waals surface area contributed by atoms with Crippen LogP contribution in [-0.2, 0) is 13.0 Å². The molecule has 0 unspecified atom stereocenters. The Kier molecular flexibility index (Phi) is 5.79. The summed E-state index contributed by atoms with van der Waals surface area (Å²) in [5.74, 6) is 0.337. The molecule has 0 bridgehead atoms. The second kappa shape index (κ2) is 9.03. The molecule has 5 rings (SSSR count). The molecule has 4 aromatic rings. The number of aromatic nitrogens is 4. The summed E-state index contributed by atoms with van der Waals surface area (Å²) in [6.45, 7) is 3.15. The van der Waals surface area contributed by atoms with Gasteiger partial charge in [-0.3, -0.25) is 4.79 Å². The molecule has 2 aromatic carbocycles. The topological polar surface area (TPSA) is 73.1 Å². The van der Waals surface area contributed by atoms with E-state index in [0.29, 0.717) is 42.5 Å². The summed E-state index contributed by atoms with van der Waals surface area (Å²) < 4.78 is 7.74. The molecular weight excluding hydrogens is 438 g/mol. The predicted octanol–water partition coefficient (Wildman–Crippen LogP) is 4.25. The molecular formula is C25H22ClN5O2. The molecule has 0 spiro atoms. The fourth-order valence-corrected chi connectivity index (χ4v) is 4.24. The summed E-state index contributed by atoms with van der Waals surface area (Å²) >= 11 is 6.69. The number of amides is 1. The highest BCUT2D eigenvalue weighted by Gasteiger charge is 2.28. The molecule has 0 atom stereocenters. The van der Waals surface area contributed by atoms with Crippen LogP contribution in [0.5, 0.6) is 5.75 Å². The normalized spacial score (nSPS) is 13.4. The zero-order valence-electron chi connectivity index (χ0n) is 18.1. The van der Waals surface area contributed by atoms with Gasteiger partial charge in [-0.15, -0.1) is 0 Å². The van der Waals surface area contributed by atoms with E-state index in [1.54, 1.807) is 17.3 Å². The third-order valence-corrected chi connectivity index (χ3v) is 6.23. The Hall–Kier alpha value is -3.71. The van der Waals surface area contributed by atoms with E-state index in [1.807, 2.05) is 54.2 Å². The fraction of sp³-hybridized carbons (Fsp3) is 0.200. The largest absolute Gasteiger partial charge is 0.489 e. The lowest BCUT2D eigenvalue weighted by molar-refractivity contribution is 0.0740. The summed E-state index contributed by atoms with van der Waals surface area (Å²) in [5.41, 5.74) is 5.22. The van der Waals surface area contributed by atoms with Crippen LogP contribution in [0.1, 0.15) is 32.7 Å². The highest BCUT2D eigenvalue weighted by Crippen LogP contribution is 2.37. The number of nitrogens with zero attached hydrogens (tertiary/aromatic N) is 5. The molecule has 7 nitrogen and oxygen atoms in total. The first-order valence-corrected chi connectivity index (χ1v) is 11.1. The summed E-state index contributed by atoms with van der Waals surface area (Å²) in [6.07, 6.45) is 5.92. The summed E-state index contributed by atoms with van der Waals surface area (Å²) in [7, 11) is 0. The monoisotopic (exact) mass is 459 g/mol. The number of halogens is 1. The van der Waals surface area contributed by atoms with Gasteiger partial charge in [-0.1, -0.05) is 23.7 Å². The molecule has 0 fully saturated rings. The van der Waals surface area contributed by atoms with Crippen LogP contribution in [0.4, 0.5) is 0 Å². The molecule has 0 radical (unpaired) electrons. The Morgan fingerprint density at radius 2 is 1.97 bits per heavy atom. The Morgan fingerprint density at radius 3 is 2.70 bits per heavy atom. The Labute approximate surface area is 196 Å². The van der Waals surface area contributed by atoms with E-state index in [1.165, 1.54) is 0 Å². The highest BCUT2D eigenvalue weighted by atomic mass is 35.5. The van der Waals surface area contributed by atoms with Gasteiger partial charge in [0.15, 0.2) is 5.75 Å². The van der Waals surface area contributed by atoms with Crippen molar-refractivity contribution in [2.75, 3.05) is 13.2 Å². The van der Waals surface area contributed by atoms with Crippen molar-refractivity contribution in [3.05, 3.63) is 100 Å². The zero-order valence-corrected chi connectivity index (χ0v) is 18.9. The van der Waals surface area contributed by atoms with E-state index >= 15 is 0 Å². The first-order valence-electron chi connectivity index (χ1n) is 10.7. The first kappa shape index (κ1) is 21.2. The third kappa shape index (κ3) is 4.32. The molecule has 0 saturated heterocycles. The van der Waals surface area contributed by atoms with Gasteiger partial charge in [0.25, 0.3) is 5.91 Å². The van der Waals surface area contributed by atoms with Gasteiger partial charge >= 0.3 is 0 Å². The third-order valence-electron chi connectivity index (χ3n) is 5.78. The van der Waals surface area contributed by atoms with Crippen molar-refractivity contribution in [2.24, 2.45) is 0 Å². The van der Waals surface area contributed by atoms with Gasteiger partial charge in [-0.05, 0) is 66.4 Å². The average Bonchev–Trinajstić information content (AvgIpc) is 3.33. The quantitative estimate of drug-likeness (QED) is 0.446. The number of fused-ring (bicyclic) bond motifs is 1. The second-order valence-corrected chi connectivity index (χ2v) is 8.31. The van der Waals surface area contributed by atoms with Crippen LogP contribution in [0.15, 0.2) is 67.1 Å². The maximum atomic E-state index is 13.4. The lowest BCUT2D eigenvalue weighted by Gasteiger charge is -2.20. The average molecular weight is 460 g/mol. The number of carbonyl (C=O) groups is 1. The molecule has 2 aromatic heterocycles. The van der Waals surface area contributed by atoms with E-state index in [4.69, 9.17) is 16.3 Å². The Balaban J connectivity index is 1.44.